The second kappa shape index (κ2) is 9.87. The third-order valence-electron chi connectivity index (χ3n) is 12.0. The van der Waals surface area contributed by atoms with Crippen LogP contribution in [0.5, 0.6) is 0 Å². The van der Waals surface area contributed by atoms with Crippen molar-refractivity contribution in [3.8, 4) is 22.3 Å². The molecule has 2 nitrogen and oxygen atoms in total. The molecule has 3 aliphatic rings. The smallest absolute Gasteiger partial charge is 0.0746 e. The molecule has 3 aliphatic carbocycles. The molecule has 51 heavy (non-hydrogen) atoms. The van der Waals surface area contributed by atoms with E-state index in [-0.39, 0.29) is 6.04 Å². The molecule has 9 aromatic rings. The SMILES string of the molecule is C1=CC(n2c3ccccc3c3ccc4c(c32)C2(c3ccccc3-c3ccccc32)c2ccccc2-4)CC=C1n1c2ccccc2c2ccccc21. The molecule has 0 amide bonds. The van der Waals surface area contributed by atoms with Gasteiger partial charge in [0.25, 0.3) is 0 Å². The third-order valence-corrected chi connectivity index (χ3v) is 12.0. The van der Waals surface area contributed by atoms with E-state index in [0.29, 0.717) is 0 Å². The summed E-state index contributed by atoms with van der Waals surface area (Å²) in [7, 11) is 0. The fraction of sp³-hybridized carbons (Fsp3) is 0.0612. The number of aromatic nitrogens is 2. The Labute approximate surface area is 295 Å². The summed E-state index contributed by atoms with van der Waals surface area (Å²) in [6, 6.07) is 59.0. The Morgan fingerprint density at radius 3 is 1.51 bits per heavy atom. The summed E-state index contributed by atoms with van der Waals surface area (Å²) in [5.41, 5.74) is 16.9. The van der Waals surface area contributed by atoms with Gasteiger partial charge in [0.1, 0.15) is 0 Å². The van der Waals surface area contributed by atoms with Gasteiger partial charge in [-0.05, 0) is 69.6 Å². The number of fused-ring (bicyclic) bond motifs is 17. The molecule has 0 aliphatic heterocycles. The first-order chi connectivity index (χ1) is 25.3. The minimum atomic E-state index is -0.410. The molecule has 12 rings (SSSR count). The van der Waals surface area contributed by atoms with Crippen LogP contribution in [0.2, 0.25) is 0 Å². The van der Waals surface area contributed by atoms with Crippen molar-refractivity contribution in [1.29, 1.82) is 0 Å². The Morgan fingerprint density at radius 1 is 0.451 bits per heavy atom. The number of hydrogen-bond acceptors (Lipinski definition) is 0. The lowest BCUT2D eigenvalue weighted by Crippen LogP contribution is -2.27. The van der Waals surface area contributed by atoms with Crippen molar-refractivity contribution >= 4 is 49.3 Å². The van der Waals surface area contributed by atoms with Crippen molar-refractivity contribution < 1.29 is 0 Å². The van der Waals surface area contributed by atoms with Crippen molar-refractivity contribution in [2.45, 2.75) is 17.9 Å². The fourth-order valence-corrected chi connectivity index (χ4v) is 10.2. The summed E-state index contributed by atoms with van der Waals surface area (Å²) in [5, 5.41) is 5.23. The number of benzene rings is 7. The number of nitrogens with zero attached hydrogens (tertiary/aromatic N) is 2. The van der Waals surface area contributed by atoms with Crippen molar-refractivity contribution in [1.82, 2.24) is 9.13 Å². The highest BCUT2D eigenvalue weighted by atomic mass is 15.0. The van der Waals surface area contributed by atoms with E-state index < -0.39 is 5.41 Å². The molecule has 0 radical (unpaired) electrons. The predicted octanol–water partition coefficient (Wildman–Crippen LogP) is 12.3. The molecule has 2 aromatic heterocycles. The zero-order chi connectivity index (χ0) is 33.3. The van der Waals surface area contributed by atoms with Crippen LogP contribution in [0.4, 0.5) is 0 Å². The van der Waals surface area contributed by atoms with E-state index in [1.54, 1.807) is 0 Å². The van der Waals surface area contributed by atoms with E-state index >= 15 is 0 Å². The maximum Gasteiger partial charge on any atom is 0.0746 e. The van der Waals surface area contributed by atoms with Gasteiger partial charge in [0, 0.05) is 38.3 Å². The van der Waals surface area contributed by atoms with Crippen LogP contribution >= 0.6 is 0 Å². The molecule has 0 saturated carbocycles. The van der Waals surface area contributed by atoms with Gasteiger partial charge in [-0.25, -0.2) is 0 Å². The maximum absolute atomic E-state index is 2.68. The molecule has 1 atom stereocenters. The average Bonchev–Trinajstić information content (AvgIpc) is 3.90. The highest BCUT2D eigenvalue weighted by molar-refractivity contribution is 6.14. The van der Waals surface area contributed by atoms with Crippen LogP contribution in [0.3, 0.4) is 0 Å². The highest BCUT2D eigenvalue weighted by Gasteiger charge is 2.53. The van der Waals surface area contributed by atoms with Gasteiger partial charge >= 0.3 is 0 Å². The molecule has 1 spiro atoms. The minimum Gasteiger partial charge on any atom is -0.333 e. The first-order valence-corrected chi connectivity index (χ1v) is 18.1. The number of para-hydroxylation sites is 3. The molecular formula is C49H32N2. The van der Waals surface area contributed by atoms with Gasteiger partial charge in [0.15, 0.2) is 0 Å². The number of rotatable bonds is 2. The van der Waals surface area contributed by atoms with Crippen LogP contribution in [-0.4, -0.2) is 9.13 Å². The molecule has 0 saturated heterocycles. The monoisotopic (exact) mass is 648 g/mol. The Kier molecular flexibility index (Phi) is 5.31. The summed E-state index contributed by atoms with van der Waals surface area (Å²) in [6.45, 7) is 0. The van der Waals surface area contributed by atoms with Crippen LogP contribution in [0.1, 0.15) is 34.7 Å². The van der Waals surface area contributed by atoms with Crippen LogP contribution in [0.25, 0.3) is 71.6 Å². The Morgan fingerprint density at radius 2 is 0.941 bits per heavy atom. The fourth-order valence-electron chi connectivity index (χ4n) is 10.2. The molecule has 238 valence electrons. The zero-order valence-corrected chi connectivity index (χ0v) is 27.9. The van der Waals surface area contributed by atoms with Gasteiger partial charge in [-0.1, -0.05) is 152 Å². The van der Waals surface area contributed by atoms with Gasteiger partial charge < -0.3 is 9.13 Å². The van der Waals surface area contributed by atoms with E-state index in [1.165, 1.54) is 93.8 Å². The van der Waals surface area contributed by atoms with Crippen molar-refractivity contribution in [2.24, 2.45) is 0 Å². The quantitative estimate of drug-likeness (QED) is 0.177. The van der Waals surface area contributed by atoms with Crippen molar-refractivity contribution in [3.63, 3.8) is 0 Å². The van der Waals surface area contributed by atoms with Crippen LogP contribution in [0.15, 0.2) is 176 Å². The summed E-state index contributed by atoms with van der Waals surface area (Å²) in [4.78, 5) is 0. The molecule has 2 heteroatoms. The highest BCUT2D eigenvalue weighted by Crippen LogP contribution is 2.64. The van der Waals surface area contributed by atoms with Crippen molar-refractivity contribution in [2.75, 3.05) is 0 Å². The zero-order valence-electron chi connectivity index (χ0n) is 27.9. The minimum absolute atomic E-state index is 0.156. The van der Waals surface area contributed by atoms with Gasteiger partial charge in [-0.15, -0.1) is 0 Å². The van der Waals surface area contributed by atoms with Crippen LogP contribution in [-0.2, 0) is 5.41 Å². The summed E-state index contributed by atoms with van der Waals surface area (Å²) in [6.07, 6.45) is 8.17. The van der Waals surface area contributed by atoms with E-state index in [2.05, 4.69) is 185 Å². The molecular weight excluding hydrogens is 617 g/mol. The second-order valence-electron chi connectivity index (χ2n) is 14.3. The summed E-state index contributed by atoms with van der Waals surface area (Å²) < 4.78 is 5.12. The molecule has 7 aromatic carbocycles. The van der Waals surface area contributed by atoms with Gasteiger partial charge in [0.05, 0.1) is 28.0 Å². The summed E-state index contributed by atoms with van der Waals surface area (Å²) in [5.74, 6) is 0. The standard InChI is InChI=1S/C49H32N2/c1-7-19-41-33(13-1)34-14-2-8-20-42(34)49(41)43-21-9-3-15-35(43)39-29-30-40-38-18-6-12-24-46(38)51(48(40)47(39)49)32-27-25-31(26-28-32)50-44-22-10-4-16-36(44)37-17-5-11-23-45(37)50/h1-27,29-30,32H,28H2. The first-order valence-electron chi connectivity index (χ1n) is 18.1. The summed E-state index contributed by atoms with van der Waals surface area (Å²) >= 11 is 0. The van der Waals surface area contributed by atoms with E-state index in [4.69, 9.17) is 0 Å². The van der Waals surface area contributed by atoms with Gasteiger partial charge in [-0.3, -0.25) is 0 Å². The second-order valence-corrected chi connectivity index (χ2v) is 14.3. The number of allylic oxidation sites excluding steroid dienone is 4. The normalized spacial score (nSPS) is 16.5. The molecule has 2 heterocycles. The van der Waals surface area contributed by atoms with E-state index in [1.807, 2.05) is 0 Å². The maximum atomic E-state index is 2.68. The third kappa shape index (κ3) is 3.33. The van der Waals surface area contributed by atoms with Crippen molar-refractivity contribution in [3.05, 3.63) is 198 Å². The van der Waals surface area contributed by atoms with E-state index in [0.717, 1.165) is 6.42 Å². The lowest BCUT2D eigenvalue weighted by atomic mass is 9.70. The molecule has 1 unspecified atom stereocenters. The molecule has 0 bridgehead atoms. The largest absolute Gasteiger partial charge is 0.333 e. The Balaban J connectivity index is 1.14. The van der Waals surface area contributed by atoms with Crippen LogP contribution < -0.4 is 0 Å². The van der Waals surface area contributed by atoms with Gasteiger partial charge in [0.2, 0.25) is 0 Å². The first kappa shape index (κ1) is 27.4. The molecule has 0 N–H and O–H groups in total. The predicted molar refractivity (Wildman–Crippen MR) is 212 cm³/mol. The van der Waals surface area contributed by atoms with E-state index in [9.17, 15) is 0 Å². The van der Waals surface area contributed by atoms with Gasteiger partial charge in [-0.2, -0.15) is 0 Å². The van der Waals surface area contributed by atoms with Crippen LogP contribution in [0, 0.1) is 0 Å². The topological polar surface area (TPSA) is 9.86 Å². The number of hydrogen-bond donors (Lipinski definition) is 0. The Bertz CT molecular complexity index is 2900. The lowest BCUT2D eigenvalue weighted by molar-refractivity contribution is 0.642. The Hall–Kier alpha value is -6.38. The lowest BCUT2D eigenvalue weighted by Gasteiger charge is -2.32. The average molecular weight is 649 g/mol. The molecule has 0 fully saturated rings.